The van der Waals surface area contributed by atoms with Crippen LogP contribution >= 0.6 is 11.6 Å². The predicted molar refractivity (Wildman–Crippen MR) is 155 cm³/mol. The molecule has 4 aromatic rings. The zero-order valence-corrected chi connectivity index (χ0v) is 23.5. The zero-order chi connectivity index (χ0) is 30.0. The van der Waals surface area contributed by atoms with Crippen LogP contribution in [0, 0.1) is 19.7 Å². The number of ketones is 1. The van der Waals surface area contributed by atoms with Crippen molar-refractivity contribution in [2.24, 2.45) is 0 Å². The van der Waals surface area contributed by atoms with E-state index in [-0.39, 0.29) is 34.6 Å². The largest absolute Gasteiger partial charge is 0.457 e. The Kier molecular flexibility index (Phi) is 8.17. The molecule has 7 nitrogen and oxygen atoms in total. The second kappa shape index (κ2) is 12.0. The van der Waals surface area contributed by atoms with Gasteiger partial charge in [-0.3, -0.25) is 14.4 Å². The van der Waals surface area contributed by atoms with E-state index < -0.39 is 35.5 Å². The summed E-state index contributed by atoms with van der Waals surface area (Å²) in [6.45, 7) is 4.00. The molecule has 212 valence electrons. The summed E-state index contributed by atoms with van der Waals surface area (Å²) in [7, 11) is 0. The highest BCUT2D eigenvalue weighted by Gasteiger charge is 2.37. The van der Waals surface area contributed by atoms with Crippen molar-refractivity contribution in [2.75, 3.05) is 10.8 Å². The maximum absolute atomic E-state index is 13.3. The van der Waals surface area contributed by atoms with E-state index in [0.717, 1.165) is 28.2 Å². The summed E-state index contributed by atoms with van der Waals surface area (Å²) in [6, 6.07) is 21.1. The van der Waals surface area contributed by atoms with Gasteiger partial charge in [0.25, 0.3) is 11.8 Å². The van der Waals surface area contributed by atoms with E-state index >= 15 is 0 Å². The third-order valence-electron chi connectivity index (χ3n) is 6.97. The van der Waals surface area contributed by atoms with Crippen LogP contribution in [0.3, 0.4) is 0 Å². The van der Waals surface area contributed by atoms with Crippen LogP contribution in [0.15, 0.2) is 84.9 Å². The average molecular weight is 586 g/mol. The minimum absolute atomic E-state index is 0.0135. The smallest absolute Gasteiger partial charge is 0.338 e. The van der Waals surface area contributed by atoms with Crippen molar-refractivity contribution in [3.05, 3.63) is 124 Å². The third kappa shape index (κ3) is 5.80. The molecule has 1 heterocycles. The number of esters is 1. The average Bonchev–Trinajstić information content (AvgIpc) is 3.24. The molecule has 1 atom stereocenters. The lowest BCUT2D eigenvalue weighted by atomic mass is 10.0. The van der Waals surface area contributed by atoms with Crippen LogP contribution in [0.4, 0.5) is 10.1 Å². The summed E-state index contributed by atoms with van der Waals surface area (Å²) in [5.41, 5.74) is 2.89. The number of rotatable bonds is 9. The van der Waals surface area contributed by atoms with Gasteiger partial charge in [0, 0.05) is 17.9 Å². The van der Waals surface area contributed by atoms with Gasteiger partial charge in [-0.25, -0.2) is 14.1 Å². The Balaban J connectivity index is 1.31. The fraction of sp³-hybridized carbons (Fsp3) is 0.152. The summed E-state index contributed by atoms with van der Waals surface area (Å²) >= 11 is 5.83. The van der Waals surface area contributed by atoms with Crippen molar-refractivity contribution < 1.29 is 33.0 Å². The third-order valence-corrected chi connectivity index (χ3v) is 7.19. The number of benzene rings is 4. The van der Waals surface area contributed by atoms with Gasteiger partial charge >= 0.3 is 5.97 Å². The molecule has 1 aliphatic rings. The van der Waals surface area contributed by atoms with Crippen LogP contribution in [0.25, 0.3) is 0 Å². The van der Waals surface area contributed by atoms with Gasteiger partial charge in [-0.15, -0.1) is 11.6 Å². The summed E-state index contributed by atoms with van der Waals surface area (Å²) in [5.74, 6) is -1.82. The fourth-order valence-electron chi connectivity index (χ4n) is 4.52. The molecule has 1 aliphatic heterocycles. The van der Waals surface area contributed by atoms with Gasteiger partial charge in [0.1, 0.15) is 17.3 Å². The SMILES string of the molecule is Cc1ccc(Oc2ccc(N3C(=O)c4ccc(C(=O)OC(CCCl)C(=O)c5ccc(F)cc5)cc4C3=O)cc2)cc1C. The minimum Gasteiger partial charge on any atom is -0.457 e. The molecular weight excluding hydrogens is 561 g/mol. The van der Waals surface area contributed by atoms with Gasteiger partial charge in [0.2, 0.25) is 5.78 Å². The molecule has 42 heavy (non-hydrogen) atoms. The highest BCUT2D eigenvalue weighted by molar-refractivity contribution is 6.34. The van der Waals surface area contributed by atoms with Gasteiger partial charge in [0.05, 0.1) is 22.4 Å². The van der Waals surface area contributed by atoms with Crippen LogP contribution in [-0.2, 0) is 4.74 Å². The van der Waals surface area contributed by atoms with Crippen molar-refractivity contribution in [2.45, 2.75) is 26.4 Å². The molecule has 0 saturated carbocycles. The van der Waals surface area contributed by atoms with E-state index in [1.165, 1.54) is 30.3 Å². The molecule has 0 bridgehead atoms. The number of imide groups is 1. The Morgan fingerprint density at radius 3 is 2.10 bits per heavy atom. The lowest BCUT2D eigenvalue weighted by molar-refractivity contribution is 0.0278. The molecular formula is C33H25ClFNO6. The standard InChI is InChI=1S/C33H25ClFNO6/c1-19-3-11-26(17-20(19)2)41-25-12-9-24(10-13-25)36-31(38)27-14-6-22(18-28(27)32(36)39)33(40)42-29(15-16-34)30(37)21-4-7-23(35)8-5-21/h3-14,17-18,29H,15-16H2,1-2H3. The Labute approximate surface area is 246 Å². The molecule has 1 unspecified atom stereocenters. The van der Waals surface area contributed by atoms with Crippen LogP contribution in [0.1, 0.15) is 59.0 Å². The minimum atomic E-state index is -1.22. The molecule has 4 aromatic carbocycles. The topological polar surface area (TPSA) is 90.0 Å². The normalized spacial score (nSPS) is 13.1. The Morgan fingerprint density at radius 1 is 0.786 bits per heavy atom. The Bertz CT molecular complexity index is 1700. The van der Waals surface area contributed by atoms with Crippen molar-refractivity contribution in [1.29, 1.82) is 0 Å². The first-order valence-corrected chi connectivity index (χ1v) is 13.6. The van der Waals surface area contributed by atoms with Crippen molar-refractivity contribution in [3.8, 4) is 11.5 Å². The van der Waals surface area contributed by atoms with Crippen molar-refractivity contribution in [1.82, 2.24) is 0 Å². The first kappa shape index (κ1) is 28.7. The number of ether oxygens (including phenoxy) is 2. The number of nitrogens with zero attached hydrogens (tertiary/aromatic N) is 1. The van der Waals surface area contributed by atoms with Gasteiger partial charge in [-0.1, -0.05) is 6.07 Å². The van der Waals surface area contributed by atoms with E-state index in [9.17, 15) is 23.6 Å². The number of halogens is 2. The number of fused-ring (bicyclic) bond motifs is 1. The van der Waals surface area contributed by atoms with Crippen LogP contribution in [-0.4, -0.2) is 35.6 Å². The summed E-state index contributed by atoms with van der Waals surface area (Å²) in [6.07, 6.45) is -1.19. The van der Waals surface area contributed by atoms with Crippen molar-refractivity contribution >= 4 is 40.9 Å². The van der Waals surface area contributed by atoms with Gasteiger partial charge in [-0.2, -0.15) is 0 Å². The first-order valence-electron chi connectivity index (χ1n) is 13.1. The zero-order valence-electron chi connectivity index (χ0n) is 22.7. The number of carbonyl (C=O) groups is 4. The fourth-order valence-corrected chi connectivity index (χ4v) is 4.72. The van der Waals surface area contributed by atoms with E-state index in [0.29, 0.717) is 17.2 Å². The number of Topliss-reactive ketones (excluding diaryl/α,β-unsaturated/α-hetero) is 1. The number of carbonyl (C=O) groups excluding carboxylic acids is 4. The van der Waals surface area contributed by atoms with E-state index in [1.54, 1.807) is 24.3 Å². The second-order valence-corrected chi connectivity index (χ2v) is 10.2. The number of alkyl halides is 1. The lowest BCUT2D eigenvalue weighted by Crippen LogP contribution is -2.29. The summed E-state index contributed by atoms with van der Waals surface area (Å²) in [4.78, 5) is 53.3. The molecule has 0 aliphatic carbocycles. The first-order chi connectivity index (χ1) is 20.2. The molecule has 0 spiro atoms. The molecule has 0 saturated heterocycles. The molecule has 0 aromatic heterocycles. The van der Waals surface area contributed by atoms with E-state index in [4.69, 9.17) is 21.1 Å². The number of hydrogen-bond acceptors (Lipinski definition) is 6. The maximum atomic E-state index is 13.3. The Hall–Kier alpha value is -4.82. The van der Waals surface area contributed by atoms with Gasteiger partial charge in [0.15, 0.2) is 6.10 Å². The lowest BCUT2D eigenvalue weighted by Gasteiger charge is -2.16. The van der Waals surface area contributed by atoms with Gasteiger partial charge < -0.3 is 9.47 Å². The monoisotopic (exact) mass is 585 g/mol. The second-order valence-electron chi connectivity index (χ2n) is 9.79. The summed E-state index contributed by atoms with van der Waals surface area (Å²) < 4.78 is 24.6. The molecule has 2 amide bonds. The van der Waals surface area contributed by atoms with E-state index in [2.05, 4.69) is 0 Å². The highest BCUT2D eigenvalue weighted by Crippen LogP contribution is 2.32. The Morgan fingerprint density at radius 2 is 1.43 bits per heavy atom. The number of amides is 2. The van der Waals surface area contributed by atoms with Gasteiger partial charge in [-0.05, 0) is 104 Å². The molecule has 0 fully saturated rings. The number of aryl methyl sites for hydroxylation is 2. The highest BCUT2D eigenvalue weighted by atomic mass is 35.5. The van der Waals surface area contributed by atoms with Crippen LogP contribution < -0.4 is 9.64 Å². The molecule has 0 radical (unpaired) electrons. The van der Waals surface area contributed by atoms with E-state index in [1.807, 2.05) is 32.0 Å². The number of anilines is 1. The molecule has 5 rings (SSSR count). The molecule has 0 N–H and O–H groups in total. The number of hydrogen-bond donors (Lipinski definition) is 0. The summed E-state index contributed by atoms with van der Waals surface area (Å²) in [5, 5.41) is 0. The van der Waals surface area contributed by atoms with Crippen LogP contribution in [0.5, 0.6) is 11.5 Å². The molecule has 9 heteroatoms. The van der Waals surface area contributed by atoms with Crippen LogP contribution in [0.2, 0.25) is 0 Å². The quantitative estimate of drug-likeness (QED) is 0.0903. The predicted octanol–water partition coefficient (Wildman–Crippen LogP) is 7.07. The maximum Gasteiger partial charge on any atom is 0.338 e. The van der Waals surface area contributed by atoms with Crippen molar-refractivity contribution in [3.63, 3.8) is 0 Å².